The first-order valence-corrected chi connectivity index (χ1v) is 10.1. The maximum absolute atomic E-state index is 14.3. The molecule has 0 radical (unpaired) electrons. The summed E-state index contributed by atoms with van der Waals surface area (Å²) in [6.45, 7) is 4.16. The number of carbonyl (C=O) groups is 2. The number of hydroxylamine groups is 2. The van der Waals surface area contributed by atoms with E-state index in [2.05, 4.69) is 15.5 Å². The monoisotopic (exact) mass is 442 g/mol. The van der Waals surface area contributed by atoms with Crippen LogP contribution in [0.5, 0.6) is 0 Å². The first-order valence-electron chi connectivity index (χ1n) is 10.1. The van der Waals surface area contributed by atoms with Crippen molar-refractivity contribution in [3.63, 3.8) is 0 Å². The summed E-state index contributed by atoms with van der Waals surface area (Å²) in [5.74, 6) is -3.63. The molecular weight excluding hydrogens is 418 g/mol. The van der Waals surface area contributed by atoms with Gasteiger partial charge in [0.05, 0.1) is 12.6 Å². The lowest BCUT2D eigenvalue weighted by Gasteiger charge is -2.42. The van der Waals surface area contributed by atoms with Crippen LogP contribution in [-0.2, 0) is 16.0 Å². The topological polar surface area (TPSA) is 97.9 Å². The fraction of sp³-hybridized carbons (Fsp3) is 0.261. The van der Waals surface area contributed by atoms with Gasteiger partial charge in [-0.2, -0.15) is 5.10 Å². The zero-order valence-electron chi connectivity index (χ0n) is 17.9. The summed E-state index contributed by atoms with van der Waals surface area (Å²) in [4.78, 5) is 24.9. The molecule has 3 aromatic rings. The number of H-pyrrole nitrogens is 1. The van der Waals surface area contributed by atoms with Crippen LogP contribution in [0.15, 0.2) is 54.6 Å². The number of anilines is 1. The smallest absolute Gasteiger partial charge is 0.316 e. The summed E-state index contributed by atoms with van der Waals surface area (Å²) in [5.41, 5.74) is 1.21. The van der Waals surface area contributed by atoms with Gasteiger partial charge in [-0.1, -0.05) is 37.3 Å². The number of quaternary nitrogens is 1. The van der Waals surface area contributed by atoms with Crippen LogP contribution in [-0.4, -0.2) is 28.1 Å². The molecule has 168 valence electrons. The molecule has 3 rings (SSSR count). The number of amides is 2. The minimum absolute atomic E-state index is 0.0524. The van der Waals surface area contributed by atoms with Crippen LogP contribution >= 0.6 is 0 Å². The van der Waals surface area contributed by atoms with E-state index in [4.69, 9.17) is 0 Å². The van der Waals surface area contributed by atoms with Gasteiger partial charge in [-0.05, 0) is 25.0 Å². The number of hydrogen-bond donors (Lipinski definition) is 2. The third kappa shape index (κ3) is 4.74. The number of halogens is 2. The second kappa shape index (κ2) is 9.37. The van der Waals surface area contributed by atoms with E-state index in [1.807, 2.05) is 37.3 Å². The average molecular weight is 442 g/mol. The van der Waals surface area contributed by atoms with Crippen LogP contribution in [0.4, 0.5) is 20.3 Å². The van der Waals surface area contributed by atoms with E-state index in [9.17, 15) is 23.6 Å². The van der Waals surface area contributed by atoms with Gasteiger partial charge in [-0.3, -0.25) is 14.5 Å². The minimum atomic E-state index is -1.90. The van der Waals surface area contributed by atoms with E-state index in [0.717, 1.165) is 31.0 Å². The van der Waals surface area contributed by atoms with Crippen molar-refractivity contribution in [2.24, 2.45) is 0 Å². The van der Waals surface area contributed by atoms with Gasteiger partial charge < -0.3 is 10.5 Å². The number of carbonyl (C=O) groups excluding carboxylic acids is 2. The number of aromatic amines is 1. The Bertz CT molecular complexity index is 1120. The summed E-state index contributed by atoms with van der Waals surface area (Å²) in [6, 6.07) is 12.2. The number of nitrogens with zero attached hydrogens (tertiary/aromatic N) is 2. The highest BCUT2D eigenvalue weighted by atomic mass is 19.1. The molecule has 32 heavy (non-hydrogen) atoms. The molecule has 0 saturated heterocycles. The van der Waals surface area contributed by atoms with Gasteiger partial charge in [0.1, 0.15) is 11.6 Å². The zero-order valence-corrected chi connectivity index (χ0v) is 17.9. The van der Waals surface area contributed by atoms with Crippen LogP contribution in [0.25, 0.3) is 0 Å². The zero-order chi connectivity index (χ0) is 23.5. The third-order valence-electron chi connectivity index (χ3n) is 5.41. The number of benzene rings is 2. The highest BCUT2D eigenvalue weighted by Gasteiger charge is 2.40. The van der Waals surface area contributed by atoms with Crippen molar-refractivity contribution in [3.8, 4) is 0 Å². The van der Waals surface area contributed by atoms with Crippen molar-refractivity contribution in [1.29, 1.82) is 0 Å². The van der Waals surface area contributed by atoms with Crippen LogP contribution in [0, 0.1) is 16.8 Å². The number of nitrogens with one attached hydrogen (secondary N) is 2. The average Bonchev–Trinajstić information content (AvgIpc) is 3.22. The van der Waals surface area contributed by atoms with E-state index in [1.165, 1.54) is 6.92 Å². The van der Waals surface area contributed by atoms with Crippen LogP contribution in [0.1, 0.15) is 37.9 Å². The van der Waals surface area contributed by atoms with E-state index in [0.29, 0.717) is 11.8 Å². The summed E-state index contributed by atoms with van der Waals surface area (Å²) >= 11 is 0. The van der Waals surface area contributed by atoms with Gasteiger partial charge in [0.25, 0.3) is 5.91 Å². The highest BCUT2D eigenvalue weighted by molar-refractivity contribution is 6.01. The largest absolute Gasteiger partial charge is 0.619 e. The molecule has 0 aliphatic carbocycles. The molecule has 1 heterocycles. The molecule has 7 nitrogen and oxygen atoms in total. The first kappa shape index (κ1) is 23.2. The Kier molecular flexibility index (Phi) is 6.81. The van der Waals surface area contributed by atoms with Gasteiger partial charge in [0.15, 0.2) is 17.5 Å². The maximum Gasteiger partial charge on any atom is 0.316 e. The minimum Gasteiger partial charge on any atom is -0.619 e. The SMILES string of the molecule is CC(=O)[N+]([O-])(c1ccc(F)cc1F)[C@@H](C)C(=O)Nc1cc(C(C)Cc2ccccc2)n[nH]1. The predicted octanol–water partition coefficient (Wildman–Crippen LogP) is 4.41. The molecule has 0 aliphatic rings. The number of aromatic nitrogens is 2. The van der Waals surface area contributed by atoms with Gasteiger partial charge in [-0.25, -0.2) is 13.6 Å². The molecule has 0 spiro atoms. The van der Waals surface area contributed by atoms with E-state index in [-0.39, 0.29) is 11.7 Å². The van der Waals surface area contributed by atoms with Crippen LogP contribution < -0.4 is 9.96 Å². The quantitative estimate of drug-likeness (QED) is 0.418. The Hall–Kier alpha value is -3.43. The Balaban J connectivity index is 1.76. The predicted molar refractivity (Wildman–Crippen MR) is 117 cm³/mol. The second-order valence-electron chi connectivity index (χ2n) is 7.74. The molecule has 0 bridgehead atoms. The molecular formula is C23H24F2N4O3. The van der Waals surface area contributed by atoms with E-state index < -0.39 is 39.8 Å². The Morgan fingerprint density at radius 2 is 1.81 bits per heavy atom. The molecule has 2 unspecified atom stereocenters. The molecule has 2 N–H and O–H groups in total. The number of rotatable bonds is 7. The van der Waals surface area contributed by atoms with Gasteiger partial charge in [0, 0.05) is 24.1 Å². The highest BCUT2D eigenvalue weighted by Crippen LogP contribution is 2.30. The summed E-state index contributed by atoms with van der Waals surface area (Å²) in [5, 5.41) is 22.8. The molecule has 1 aromatic heterocycles. The Labute approximate surface area is 184 Å². The van der Waals surface area contributed by atoms with Crippen molar-refractivity contribution in [1.82, 2.24) is 14.8 Å². The molecule has 3 atom stereocenters. The van der Waals surface area contributed by atoms with Crippen molar-refractivity contribution >= 4 is 23.3 Å². The van der Waals surface area contributed by atoms with Crippen LogP contribution in [0.2, 0.25) is 0 Å². The molecule has 9 heteroatoms. The van der Waals surface area contributed by atoms with E-state index in [1.54, 1.807) is 6.07 Å². The third-order valence-corrected chi connectivity index (χ3v) is 5.41. The van der Waals surface area contributed by atoms with Gasteiger partial charge >= 0.3 is 5.91 Å². The van der Waals surface area contributed by atoms with Crippen molar-refractivity contribution in [2.45, 2.75) is 39.2 Å². The second-order valence-corrected chi connectivity index (χ2v) is 7.74. The maximum atomic E-state index is 14.3. The summed E-state index contributed by atoms with van der Waals surface area (Å²) in [7, 11) is 0. The van der Waals surface area contributed by atoms with Crippen molar-refractivity contribution in [3.05, 3.63) is 82.7 Å². The lowest BCUT2D eigenvalue weighted by Crippen LogP contribution is -2.59. The fourth-order valence-corrected chi connectivity index (χ4v) is 3.53. The van der Waals surface area contributed by atoms with Crippen molar-refractivity contribution < 1.29 is 18.4 Å². The van der Waals surface area contributed by atoms with Gasteiger partial charge in [-0.15, -0.1) is 0 Å². The summed E-state index contributed by atoms with van der Waals surface area (Å²) < 4.78 is 25.6. The van der Waals surface area contributed by atoms with Crippen molar-refractivity contribution in [2.75, 3.05) is 5.32 Å². The molecule has 2 aromatic carbocycles. The molecule has 0 aliphatic heterocycles. The Morgan fingerprint density at radius 1 is 1.12 bits per heavy atom. The molecule has 0 fully saturated rings. The fourth-order valence-electron chi connectivity index (χ4n) is 3.53. The lowest BCUT2D eigenvalue weighted by molar-refractivity contribution is -0.132. The Morgan fingerprint density at radius 3 is 2.44 bits per heavy atom. The standard InChI is InChI=1S/C23H24F2N4O3/c1-14(11-17-7-5-4-6-8-17)20-13-22(28-27-20)26-23(31)15(2)29(32,16(3)30)21-10-9-18(24)12-19(21)25/h4-10,12-15H,11H2,1-3H3,(H2,26,27,28,31)/t14?,15-,29?/m0/s1. The van der Waals surface area contributed by atoms with Crippen LogP contribution in [0.3, 0.4) is 0 Å². The lowest BCUT2D eigenvalue weighted by atomic mass is 9.98. The normalized spacial score (nSPS) is 14.9. The van der Waals surface area contributed by atoms with E-state index >= 15 is 0 Å². The number of hydrogen-bond acceptors (Lipinski definition) is 4. The molecule has 0 saturated carbocycles. The van der Waals surface area contributed by atoms with Gasteiger partial charge in [0.2, 0.25) is 0 Å². The molecule has 2 amide bonds. The summed E-state index contributed by atoms with van der Waals surface area (Å²) in [6.07, 6.45) is 0.740. The first-order chi connectivity index (χ1) is 15.1.